The molecular formula is C20H24N2O3. The Bertz CT molecular complexity index is 722. The van der Waals surface area contributed by atoms with E-state index in [-0.39, 0.29) is 23.7 Å². The Kier molecular flexibility index (Phi) is 6.17. The maximum Gasteiger partial charge on any atom is 0.232 e. The van der Waals surface area contributed by atoms with E-state index in [1.165, 1.54) is 6.92 Å². The van der Waals surface area contributed by atoms with Gasteiger partial charge in [-0.15, -0.1) is 0 Å². The van der Waals surface area contributed by atoms with E-state index in [1.54, 1.807) is 31.4 Å². The third-order valence-corrected chi connectivity index (χ3v) is 3.90. The minimum Gasteiger partial charge on any atom is -0.497 e. The highest BCUT2D eigenvalue weighted by Crippen LogP contribution is 2.28. The molecule has 132 valence electrons. The number of anilines is 2. The Morgan fingerprint density at radius 1 is 0.880 bits per heavy atom. The van der Waals surface area contributed by atoms with Crippen molar-refractivity contribution in [2.75, 3.05) is 17.7 Å². The summed E-state index contributed by atoms with van der Waals surface area (Å²) in [4.78, 5) is 23.8. The van der Waals surface area contributed by atoms with Crippen molar-refractivity contribution in [2.24, 2.45) is 5.92 Å². The maximum absolute atomic E-state index is 12.8. The van der Waals surface area contributed by atoms with Crippen molar-refractivity contribution < 1.29 is 14.3 Å². The molecule has 2 N–H and O–H groups in total. The van der Waals surface area contributed by atoms with Gasteiger partial charge in [-0.1, -0.05) is 26.0 Å². The molecule has 2 amide bonds. The lowest BCUT2D eigenvalue weighted by molar-refractivity contribution is -0.118. The zero-order valence-corrected chi connectivity index (χ0v) is 15.0. The zero-order valence-electron chi connectivity index (χ0n) is 15.0. The molecule has 2 rings (SSSR count). The van der Waals surface area contributed by atoms with Crippen LogP contribution in [0.5, 0.6) is 5.75 Å². The molecule has 5 nitrogen and oxygen atoms in total. The van der Waals surface area contributed by atoms with Crippen LogP contribution in [0.25, 0.3) is 0 Å². The van der Waals surface area contributed by atoms with Crippen molar-refractivity contribution in [1.29, 1.82) is 0 Å². The van der Waals surface area contributed by atoms with Crippen molar-refractivity contribution in [1.82, 2.24) is 0 Å². The average molecular weight is 340 g/mol. The quantitative estimate of drug-likeness (QED) is 0.834. The van der Waals surface area contributed by atoms with Crippen LogP contribution in [0.1, 0.15) is 32.3 Å². The highest BCUT2D eigenvalue weighted by Gasteiger charge is 2.24. The summed E-state index contributed by atoms with van der Waals surface area (Å²) in [6.07, 6.45) is 0. The normalized spacial score (nSPS) is 11.7. The first kappa shape index (κ1) is 18.5. The molecule has 0 aliphatic rings. The van der Waals surface area contributed by atoms with Gasteiger partial charge in [0.25, 0.3) is 0 Å². The van der Waals surface area contributed by atoms with E-state index in [1.807, 2.05) is 38.1 Å². The van der Waals surface area contributed by atoms with Gasteiger partial charge < -0.3 is 15.4 Å². The molecule has 0 radical (unpaired) electrons. The molecule has 0 spiro atoms. The molecule has 1 atom stereocenters. The molecule has 5 heteroatoms. The molecule has 0 aliphatic heterocycles. The van der Waals surface area contributed by atoms with Crippen LogP contribution in [-0.2, 0) is 9.59 Å². The monoisotopic (exact) mass is 340 g/mol. The summed E-state index contributed by atoms with van der Waals surface area (Å²) in [6, 6.07) is 14.6. The second kappa shape index (κ2) is 8.33. The number of methoxy groups -OCH3 is 1. The first-order valence-corrected chi connectivity index (χ1v) is 8.23. The van der Waals surface area contributed by atoms with Crippen LogP contribution < -0.4 is 15.4 Å². The fourth-order valence-corrected chi connectivity index (χ4v) is 2.71. The van der Waals surface area contributed by atoms with Crippen LogP contribution in [0.2, 0.25) is 0 Å². The topological polar surface area (TPSA) is 67.4 Å². The van der Waals surface area contributed by atoms with Gasteiger partial charge >= 0.3 is 0 Å². The lowest BCUT2D eigenvalue weighted by Crippen LogP contribution is -2.25. The van der Waals surface area contributed by atoms with Gasteiger partial charge in [-0.3, -0.25) is 9.59 Å². The minimum absolute atomic E-state index is 0.0626. The van der Waals surface area contributed by atoms with Crippen molar-refractivity contribution in [3.05, 3.63) is 54.1 Å². The van der Waals surface area contributed by atoms with E-state index in [0.29, 0.717) is 11.4 Å². The number of hydrogen-bond donors (Lipinski definition) is 2. The molecule has 0 aromatic heterocycles. The Hall–Kier alpha value is -2.82. The van der Waals surface area contributed by atoms with Crippen molar-refractivity contribution in [2.45, 2.75) is 26.7 Å². The van der Waals surface area contributed by atoms with Gasteiger partial charge in [0.15, 0.2) is 0 Å². The smallest absolute Gasteiger partial charge is 0.232 e. The van der Waals surface area contributed by atoms with Crippen LogP contribution in [0.3, 0.4) is 0 Å². The number of carbonyl (C=O) groups is 2. The summed E-state index contributed by atoms with van der Waals surface area (Å²) in [5.41, 5.74) is 2.34. The first-order chi connectivity index (χ1) is 11.9. The summed E-state index contributed by atoms with van der Waals surface area (Å²) in [7, 11) is 1.62. The molecule has 0 saturated carbocycles. The maximum atomic E-state index is 12.8. The van der Waals surface area contributed by atoms with Crippen LogP contribution >= 0.6 is 0 Å². The predicted molar refractivity (Wildman–Crippen MR) is 99.9 cm³/mol. The van der Waals surface area contributed by atoms with Gasteiger partial charge in [0.2, 0.25) is 11.8 Å². The van der Waals surface area contributed by atoms with Crippen LogP contribution in [0.15, 0.2) is 48.5 Å². The van der Waals surface area contributed by atoms with Crippen molar-refractivity contribution >= 4 is 23.2 Å². The number of hydrogen-bond acceptors (Lipinski definition) is 3. The van der Waals surface area contributed by atoms with E-state index in [9.17, 15) is 9.59 Å². The predicted octanol–water partition coefficient (Wildman–Crippen LogP) is 4.03. The SMILES string of the molecule is COc1ccc(C(C(=O)Nc2ccc(NC(C)=O)cc2)C(C)C)cc1. The molecule has 0 fully saturated rings. The van der Waals surface area contributed by atoms with E-state index < -0.39 is 0 Å². The van der Waals surface area contributed by atoms with Gasteiger partial charge in [-0.05, 0) is 47.9 Å². The van der Waals surface area contributed by atoms with Crippen LogP contribution in [0, 0.1) is 5.92 Å². The Labute approximate surface area is 148 Å². The summed E-state index contributed by atoms with van der Waals surface area (Å²) in [5.74, 6) is 0.455. The van der Waals surface area contributed by atoms with E-state index in [0.717, 1.165) is 11.3 Å². The molecule has 0 heterocycles. The third-order valence-electron chi connectivity index (χ3n) is 3.90. The second-order valence-corrected chi connectivity index (χ2v) is 6.24. The first-order valence-electron chi connectivity index (χ1n) is 8.23. The Morgan fingerprint density at radius 2 is 1.40 bits per heavy atom. The van der Waals surface area contributed by atoms with Gasteiger partial charge in [-0.25, -0.2) is 0 Å². The van der Waals surface area contributed by atoms with Gasteiger partial charge in [0.1, 0.15) is 5.75 Å². The van der Waals surface area contributed by atoms with Gasteiger partial charge in [0.05, 0.1) is 13.0 Å². The van der Waals surface area contributed by atoms with Crippen LogP contribution in [0.4, 0.5) is 11.4 Å². The Balaban J connectivity index is 2.13. The highest BCUT2D eigenvalue weighted by molar-refractivity contribution is 5.96. The van der Waals surface area contributed by atoms with Crippen molar-refractivity contribution in [3.8, 4) is 5.75 Å². The summed E-state index contributed by atoms with van der Waals surface area (Å²) >= 11 is 0. The van der Waals surface area contributed by atoms with E-state index in [4.69, 9.17) is 4.74 Å². The van der Waals surface area contributed by atoms with E-state index in [2.05, 4.69) is 10.6 Å². The number of carbonyl (C=O) groups excluding carboxylic acids is 2. The van der Waals surface area contributed by atoms with Gasteiger partial charge in [0, 0.05) is 18.3 Å². The van der Waals surface area contributed by atoms with Crippen LogP contribution in [-0.4, -0.2) is 18.9 Å². The lowest BCUT2D eigenvalue weighted by atomic mass is 9.87. The average Bonchev–Trinajstić information content (AvgIpc) is 2.56. The summed E-state index contributed by atoms with van der Waals surface area (Å²) in [6.45, 7) is 5.50. The summed E-state index contributed by atoms with van der Waals surface area (Å²) in [5, 5.41) is 5.65. The number of benzene rings is 2. The summed E-state index contributed by atoms with van der Waals surface area (Å²) < 4.78 is 5.17. The minimum atomic E-state index is -0.263. The molecule has 2 aromatic carbocycles. The molecule has 0 aliphatic carbocycles. The van der Waals surface area contributed by atoms with Gasteiger partial charge in [-0.2, -0.15) is 0 Å². The Morgan fingerprint density at radius 3 is 1.84 bits per heavy atom. The standard InChI is InChI=1S/C20H24N2O3/c1-13(2)19(15-5-11-18(25-4)12-6-15)20(24)22-17-9-7-16(8-10-17)21-14(3)23/h5-13,19H,1-4H3,(H,21,23)(H,22,24). The molecular weight excluding hydrogens is 316 g/mol. The zero-order chi connectivity index (χ0) is 18.4. The molecule has 0 bridgehead atoms. The van der Waals surface area contributed by atoms with Crippen molar-refractivity contribution in [3.63, 3.8) is 0 Å². The fourth-order valence-electron chi connectivity index (χ4n) is 2.71. The second-order valence-electron chi connectivity index (χ2n) is 6.24. The molecule has 2 aromatic rings. The third kappa shape index (κ3) is 5.08. The number of rotatable bonds is 6. The molecule has 0 saturated heterocycles. The lowest BCUT2D eigenvalue weighted by Gasteiger charge is -2.21. The number of nitrogens with one attached hydrogen (secondary N) is 2. The molecule has 1 unspecified atom stereocenters. The fraction of sp³-hybridized carbons (Fsp3) is 0.300. The number of amides is 2. The largest absolute Gasteiger partial charge is 0.497 e. The van der Waals surface area contributed by atoms with E-state index >= 15 is 0 Å². The molecule has 25 heavy (non-hydrogen) atoms. The highest BCUT2D eigenvalue weighted by atomic mass is 16.5. The number of ether oxygens (including phenoxy) is 1.